The molecule has 0 aromatic rings. The minimum absolute atomic E-state index is 0.0231. The average Bonchev–Trinajstić information content (AvgIpc) is 2.81. The molecular formula is C17H28N2O2. The van der Waals surface area contributed by atoms with Crippen LogP contribution in [0.1, 0.15) is 66.7 Å². The molecule has 3 aliphatic rings. The normalized spacial score (nSPS) is 34.0. The first-order valence-electron chi connectivity index (χ1n) is 8.30. The topological polar surface area (TPSA) is 49.4 Å². The zero-order valence-corrected chi connectivity index (χ0v) is 14.0. The molecule has 1 saturated heterocycles. The first-order valence-corrected chi connectivity index (χ1v) is 8.30. The second-order valence-corrected chi connectivity index (χ2v) is 8.37. The average molecular weight is 292 g/mol. The molecule has 2 aliphatic carbocycles. The van der Waals surface area contributed by atoms with E-state index < -0.39 is 5.54 Å². The van der Waals surface area contributed by atoms with Crippen molar-refractivity contribution in [3.05, 3.63) is 0 Å². The highest BCUT2D eigenvalue weighted by Crippen LogP contribution is 2.66. The molecule has 1 unspecified atom stereocenters. The van der Waals surface area contributed by atoms with Gasteiger partial charge in [0.2, 0.25) is 11.8 Å². The predicted molar refractivity (Wildman–Crippen MR) is 81.6 cm³/mol. The predicted octanol–water partition coefficient (Wildman–Crippen LogP) is 2.47. The summed E-state index contributed by atoms with van der Waals surface area (Å²) in [5.74, 6) is 0.188. The third-order valence-corrected chi connectivity index (χ3v) is 6.73. The molecule has 0 aromatic heterocycles. The van der Waals surface area contributed by atoms with E-state index in [1.807, 2.05) is 11.8 Å². The Morgan fingerprint density at radius 3 is 2.00 bits per heavy atom. The number of nitrogens with zero attached hydrogens (tertiary/aromatic N) is 1. The van der Waals surface area contributed by atoms with Gasteiger partial charge in [0, 0.05) is 6.04 Å². The van der Waals surface area contributed by atoms with E-state index in [-0.39, 0.29) is 34.7 Å². The summed E-state index contributed by atoms with van der Waals surface area (Å²) in [4.78, 5) is 27.6. The van der Waals surface area contributed by atoms with Crippen LogP contribution in [0, 0.1) is 10.8 Å². The number of hydrogen-bond acceptors (Lipinski definition) is 2. The Morgan fingerprint density at radius 1 is 1.00 bits per heavy atom. The summed E-state index contributed by atoms with van der Waals surface area (Å²) in [7, 11) is 0. The lowest BCUT2D eigenvalue weighted by atomic mass is 9.78. The molecule has 1 heterocycles. The first-order chi connectivity index (χ1) is 9.65. The number of rotatable bonds is 1. The van der Waals surface area contributed by atoms with Crippen molar-refractivity contribution in [2.75, 3.05) is 0 Å². The lowest BCUT2D eigenvalue weighted by molar-refractivity contribution is -0.157. The quantitative estimate of drug-likeness (QED) is 0.807. The van der Waals surface area contributed by atoms with Crippen molar-refractivity contribution in [2.24, 2.45) is 10.8 Å². The van der Waals surface area contributed by atoms with Gasteiger partial charge < -0.3 is 10.2 Å². The van der Waals surface area contributed by atoms with Crippen LogP contribution in [0.4, 0.5) is 0 Å². The van der Waals surface area contributed by atoms with Crippen molar-refractivity contribution >= 4 is 11.8 Å². The molecule has 1 atom stereocenters. The molecule has 1 N–H and O–H groups in total. The summed E-state index contributed by atoms with van der Waals surface area (Å²) in [6.07, 6.45) is 4.83. The van der Waals surface area contributed by atoms with Gasteiger partial charge in [-0.25, -0.2) is 0 Å². The summed E-state index contributed by atoms with van der Waals surface area (Å²) >= 11 is 0. The van der Waals surface area contributed by atoms with Crippen LogP contribution in [0.25, 0.3) is 0 Å². The van der Waals surface area contributed by atoms with Crippen molar-refractivity contribution in [1.29, 1.82) is 0 Å². The number of hydrogen-bond donors (Lipinski definition) is 1. The Bertz CT molecular complexity index is 475. The van der Waals surface area contributed by atoms with Crippen molar-refractivity contribution in [3.8, 4) is 0 Å². The highest BCUT2D eigenvalue weighted by Gasteiger charge is 2.71. The summed E-state index contributed by atoms with van der Waals surface area (Å²) in [5.41, 5.74) is -0.467. The molecule has 0 aromatic carbocycles. The third-order valence-electron chi connectivity index (χ3n) is 6.73. The maximum atomic E-state index is 13.2. The van der Waals surface area contributed by atoms with Crippen LogP contribution in [0.2, 0.25) is 0 Å². The van der Waals surface area contributed by atoms with E-state index in [4.69, 9.17) is 0 Å². The fourth-order valence-electron chi connectivity index (χ4n) is 4.64. The van der Waals surface area contributed by atoms with Gasteiger partial charge >= 0.3 is 0 Å². The van der Waals surface area contributed by atoms with Gasteiger partial charge in [-0.2, -0.15) is 0 Å². The summed E-state index contributed by atoms with van der Waals surface area (Å²) in [5, 5.41) is 3.07. The van der Waals surface area contributed by atoms with Crippen molar-refractivity contribution < 1.29 is 9.59 Å². The van der Waals surface area contributed by atoms with E-state index in [2.05, 4.69) is 33.0 Å². The van der Waals surface area contributed by atoms with E-state index >= 15 is 0 Å². The largest absolute Gasteiger partial charge is 0.340 e. The molecule has 4 heteroatoms. The van der Waals surface area contributed by atoms with E-state index in [1.54, 1.807) is 0 Å². The lowest BCUT2D eigenvalue weighted by Crippen LogP contribution is -2.71. The summed E-state index contributed by atoms with van der Waals surface area (Å²) < 4.78 is 0. The van der Waals surface area contributed by atoms with Crippen LogP contribution in [0.3, 0.4) is 0 Å². The van der Waals surface area contributed by atoms with Gasteiger partial charge in [0.25, 0.3) is 0 Å². The molecule has 3 fully saturated rings. The molecule has 4 nitrogen and oxygen atoms in total. The van der Waals surface area contributed by atoms with Gasteiger partial charge in [0.1, 0.15) is 11.6 Å². The Morgan fingerprint density at radius 2 is 1.52 bits per heavy atom. The van der Waals surface area contributed by atoms with Crippen LogP contribution in [0.5, 0.6) is 0 Å². The molecule has 3 rings (SSSR count). The van der Waals surface area contributed by atoms with Gasteiger partial charge in [-0.1, -0.05) is 47.0 Å². The molecule has 118 valence electrons. The number of piperazine rings is 1. The number of nitrogens with one attached hydrogen (secondary N) is 1. The fraction of sp³-hybridized carbons (Fsp3) is 0.882. The van der Waals surface area contributed by atoms with E-state index in [0.29, 0.717) is 0 Å². The third kappa shape index (κ3) is 1.80. The van der Waals surface area contributed by atoms with E-state index in [9.17, 15) is 9.59 Å². The maximum absolute atomic E-state index is 13.2. The zero-order chi connectivity index (χ0) is 15.6. The monoisotopic (exact) mass is 292 g/mol. The van der Waals surface area contributed by atoms with E-state index in [1.165, 1.54) is 6.42 Å². The standard InChI is InChI=1S/C17H28N2O2/c1-11-12(20)18-17(9-7-6-8-10-17)14(21)19(11)13-15(2,3)16(13,4)5/h11,13H,6-10H2,1-5H3,(H,18,20). The second-order valence-electron chi connectivity index (χ2n) is 8.37. The van der Waals surface area contributed by atoms with Gasteiger partial charge in [-0.05, 0) is 30.6 Å². The highest BCUT2D eigenvalue weighted by atomic mass is 16.2. The van der Waals surface area contributed by atoms with Gasteiger partial charge in [0.15, 0.2) is 0 Å². The maximum Gasteiger partial charge on any atom is 0.249 e. The Hall–Kier alpha value is -1.06. The zero-order valence-electron chi connectivity index (χ0n) is 14.0. The van der Waals surface area contributed by atoms with Crippen LogP contribution in [0.15, 0.2) is 0 Å². The molecular weight excluding hydrogens is 264 g/mol. The van der Waals surface area contributed by atoms with E-state index in [0.717, 1.165) is 25.7 Å². The SMILES string of the molecule is CC1C(=O)NC2(CCCCC2)C(=O)N1C1C(C)(C)C1(C)C. The summed E-state index contributed by atoms with van der Waals surface area (Å²) in [6.45, 7) is 10.7. The molecule has 0 bridgehead atoms. The Balaban J connectivity index is 1.95. The van der Waals surface area contributed by atoms with Crippen molar-refractivity contribution in [1.82, 2.24) is 10.2 Å². The van der Waals surface area contributed by atoms with Gasteiger partial charge in [0.05, 0.1) is 0 Å². The first kappa shape index (κ1) is 14.9. The lowest BCUT2D eigenvalue weighted by Gasteiger charge is -2.47. The van der Waals surface area contributed by atoms with Crippen LogP contribution in [-0.4, -0.2) is 34.3 Å². The molecule has 2 saturated carbocycles. The summed E-state index contributed by atoms with van der Waals surface area (Å²) in [6, 6.07) is -0.187. The van der Waals surface area contributed by atoms with Crippen LogP contribution in [-0.2, 0) is 9.59 Å². The minimum atomic E-state index is -0.614. The number of carbonyl (C=O) groups excluding carboxylic acids is 2. The number of carbonyl (C=O) groups is 2. The molecule has 0 radical (unpaired) electrons. The Kier molecular flexibility index (Phi) is 3.00. The van der Waals surface area contributed by atoms with Crippen LogP contribution >= 0.6 is 0 Å². The van der Waals surface area contributed by atoms with Crippen molar-refractivity contribution in [2.45, 2.75) is 84.3 Å². The molecule has 1 spiro atoms. The fourth-order valence-corrected chi connectivity index (χ4v) is 4.64. The molecule has 2 amide bonds. The molecule has 1 aliphatic heterocycles. The van der Waals surface area contributed by atoms with Gasteiger partial charge in [-0.15, -0.1) is 0 Å². The highest BCUT2D eigenvalue weighted by molar-refractivity contribution is 6.00. The van der Waals surface area contributed by atoms with Crippen molar-refractivity contribution in [3.63, 3.8) is 0 Å². The smallest absolute Gasteiger partial charge is 0.249 e. The minimum Gasteiger partial charge on any atom is -0.340 e. The molecule has 21 heavy (non-hydrogen) atoms. The number of amides is 2. The Labute approximate surface area is 127 Å². The second kappa shape index (κ2) is 4.23. The van der Waals surface area contributed by atoms with Gasteiger partial charge in [-0.3, -0.25) is 9.59 Å². The van der Waals surface area contributed by atoms with Crippen LogP contribution < -0.4 is 5.32 Å².